The van der Waals surface area contributed by atoms with E-state index in [0.717, 1.165) is 16.6 Å². The fraction of sp³-hybridized carbons (Fsp3) is 0.857. The number of esters is 1. The zero-order chi connectivity index (χ0) is 8.81. The summed E-state index contributed by atoms with van der Waals surface area (Å²) in [5.41, 5.74) is 0. The van der Waals surface area contributed by atoms with E-state index in [0.29, 0.717) is 6.61 Å². The van der Waals surface area contributed by atoms with E-state index < -0.39 is 0 Å². The highest BCUT2D eigenvalue weighted by molar-refractivity contribution is 8.33. The van der Waals surface area contributed by atoms with Gasteiger partial charge in [-0.25, -0.2) is 4.79 Å². The highest BCUT2D eigenvalue weighted by Crippen LogP contribution is 2.36. The van der Waals surface area contributed by atoms with Crippen molar-refractivity contribution in [3.63, 3.8) is 0 Å². The van der Waals surface area contributed by atoms with Crippen molar-refractivity contribution < 1.29 is 9.53 Å². The van der Waals surface area contributed by atoms with Gasteiger partial charge in [0, 0.05) is 10.2 Å². The van der Waals surface area contributed by atoms with Crippen LogP contribution in [0.1, 0.15) is 13.3 Å². The van der Waals surface area contributed by atoms with E-state index in [1.165, 1.54) is 0 Å². The fourth-order valence-corrected chi connectivity index (χ4v) is 5.14. The first-order valence-corrected chi connectivity index (χ1v) is 7.07. The Hall–Kier alpha value is 0.520. The Morgan fingerprint density at radius 1 is 1.50 bits per heavy atom. The van der Waals surface area contributed by atoms with Crippen molar-refractivity contribution in [2.24, 2.45) is 0 Å². The van der Waals surface area contributed by atoms with Gasteiger partial charge in [0.15, 0.2) is 0 Å². The second-order valence-electron chi connectivity index (χ2n) is 2.27. The third-order valence-corrected chi connectivity index (χ3v) is 5.48. The normalized spacial score (nSPS) is 19.1. The van der Waals surface area contributed by atoms with Gasteiger partial charge in [-0.1, -0.05) is 6.92 Å². The molecule has 0 amide bonds. The Balaban J connectivity index is 2.20. The van der Waals surface area contributed by atoms with Gasteiger partial charge in [0.25, 0.3) is 0 Å². The van der Waals surface area contributed by atoms with Crippen molar-refractivity contribution in [1.82, 2.24) is 0 Å². The van der Waals surface area contributed by atoms with Gasteiger partial charge in [-0.3, -0.25) is 0 Å². The molecule has 1 rings (SSSR count). The lowest BCUT2D eigenvalue weighted by molar-refractivity contribution is -0.141. The second-order valence-corrected chi connectivity index (χ2v) is 6.47. The Labute approximate surface area is 85.6 Å². The van der Waals surface area contributed by atoms with Crippen LogP contribution in [-0.4, -0.2) is 27.3 Å². The zero-order valence-corrected chi connectivity index (χ0v) is 9.40. The maximum Gasteiger partial charge on any atom is 0.329 e. The Morgan fingerprint density at radius 2 is 2.17 bits per heavy atom. The highest BCUT2D eigenvalue weighted by Gasteiger charge is 2.23. The maximum absolute atomic E-state index is 11.3. The minimum Gasteiger partial charge on any atom is -0.464 e. The molecule has 0 aromatic carbocycles. The summed E-state index contributed by atoms with van der Waals surface area (Å²) in [5, 5.41) is 2.03. The predicted octanol–water partition coefficient (Wildman–Crippen LogP) is 2.39. The number of hydrogen-bond donors (Lipinski definition) is 0. The first kappa shape index (κ1) is 10.6. The number of carbonyl (C=O) groups is 1. The van der Waals surface area contributed by atoms with E-state index >= 15 is 0 Å². The van der Waals surface area contributed by atoms with E-state index in [4.69, 9.17) is 4.74 Å². The molecule has 5 heteroatoms. The lowest BCUT2D eigenvalue weighted by atomic mass is 10.5. The summed E-state index contributed by atoms with van der Waals surface area (Å²) < 4.78 is 5.07. The molecule has 0 atom stereocenters. The number of ether oxygens (including phenoxy) is 1. The zero-order valence-electron chi connectivity index (χ0n) is 6.95. The van der Waals surface area contributed by atoms with Crippen molar-refractivity contribution in [2.75, 3.05) is 16.8 Å². The van der Waals surface area contributed by atoms with Gasteiger partial charge in [0.05, 0.1) is 6.61 Å². The van der Waals surface area contributed by atoms with Gasteiger partial charge in [-0.05, 0) is 6.42 Å². The molecule has 0 aromatic rings. The first-order chi connectivity index (χ1) is 5.84. The highest BCUT2D eigenvalue weighted by atomic mass is 32.3. The minimum absolute atomic E-state index is 0.0257. The van der Waals surface area contributed by atoms with Crippen LogP contribution in [0.3, 0.4) is 0 Å². The lowest BCUT2D eigenvalue weighted by Crippen LogP contribution is -2.19. The molecule has 0 aromatic heterocycles. The van der Waals surface area contributed by atoms with Crippen molar-refractivity contribution in [3.8, 4) is 0 Å². The Kier molecular flexibility index (Phi) is 5.34. The van der Waals surface area contributed by atoms with Crippen LogP contribution in [-0.2, 0) is 9.53 Å². The average Bonchev–Trinajstić information content (AvgIpc) is 2.15. The molecule has 0 aliphatic carbocycles. The molecule has 0 N–H and O–H groups in total. The minimum atomic E-state index is -0.0489. The standard InChI is InChI=1S/C7H12O2S3/c1-2-3-9-6(8)7-11-4-10-5-12-7/h7H,2-5H2,1H3. The van der Waals surface area contributed by atoms with Gasteiger partial charge in [-0.2, -0.15) is 0 Å². The van der Waals surface area contributed by atoms with Crippen molar-refractivity contribution in [3.05, 3.63) is 0 Å². The molecule has 0 radical (unpaired) electrons. The van der Waals surface area contributed by atoms with Crippen LogP contribution in [0.5, 0.6) is 0 Å². The molecular weight excluding hydrogens is 212 g/mol. The monoisotopic (exact) mass is 224 g/mol. The van der Waals surface area contributed by atoms with Crippen LogP contribution in [0.4, 0.5) is 0 Å². The Morgan fingerprint density at radius 3 is 2.75 bits per heavy atom. The molecule has 0 unspecified atom stereocenters. The molecule has 70 valence electrons. The third-order valence-electron chi connectivity index (χ3n) is 1.25. The van der Waals surface area contributed by atoms with Gasteiger partial charge in [-0.15, -0.1) is 35.3 Å². The van der Waals surface area contributed by atoms with E-state index in [9.17, 15) is 4.79 Å². The first-order valence-electron chi connectivity index (χ1n) is 3.82. The van der Waals surface area contributed by atoms with Crippen LogP contribution >= 0.6 is 35.3 Å². The molecule has 0 saturated carbocycles. The quantitative estimate of drug-likeness (QED) is 0.686. The number of rotatable bonds is 3. The van der Waals surface area contributed by atoms with Crippen molar-refractivity contribution in [2.45, 2.75) is 17.9 Å². The SMILES string of the molecule is CCCOC(=O)C1SCSCS1. The van der Waals surface area contributed by atoms with Gasteiger partial charge < -0.3 is 4.74 Å². The van der Waals surface area contributed by atoms with Crippen LogP contribution in [0.2, 0.25) is 0 Å². The molecule has 1 aliphatic heterocycles. The van der Waals surface area contributed by atoms with E-state index in [2.05, 4.69) is 0 Å². The summed E-state index contributed by atoms with van der Waals surface area (Å²) in [6.45, 7) is 2.56. The van der Waals surface area contributed by atoms with Crippen LogP contribution in [0, 0.1) is 0 Å². The molecule has 1 heterocycles. The molecule has 1 saturated heterocycles. The molecule has 0 spiro atoms. The van der Waals surface area contributed by atoms with E-state index in [1.54, 1.807) is 23.5 Å². The number of thioether (sulfide) groups is 3. The van der Waals surface area contributed by atoms with Crippen LogP contribution < -0.4 is 0 Å². The average molecular weight is 224 g/mol. The number of hydrogen-bond acceptors (Lipinski definition) is 5. The van der Waals surface area contributed by atoms with Gasteiger partial charge in [0.1, 0.15) is 4.58 Å². The molecule has 1 aliphatic rings. The summed E-state index contributed by atoms with van der Waals surface area (Å²) in [7, 11) is 0. The summed E-state index contributed by atoms with van der Waals surface area (Å²) in [4.78, 5) is 11.3. The van der Waals surface area contributed by atoms with Crippen LogP contribution in [0.25, 0.3) is 0 Å². The summed E-state index contributed by atoms with van der Waals surface area (Å²) in [6, 6.07) is 0. The number of carbonyl (C=O) groups excluding carboxylic acids is 1. The lowest BCUT2D eigenvalue weighted by Gasteiger charge is -2.18. The van der Waals surface area contributed by atoms with Crippen molar-refractivity contribution >= 4 is 41.3 Å². The molecule has 1 fully saturated rings. The van der Waals surface area contributed by atoms with Crippen molar-refractivity contribution in [1.29, 1.82) is 0 Å². The molecular formula is C7H12O2S3. The van der Waals surface area contributed by atoms with Gasteiger partial charge in [0.2, 0.25) is 0 Å². The second kappa shape index (κ2) is 6.05. The Bertz CT molecular complexity index is 146. The predicted molar refractivity (Wildman–Crippen MR) is 57.5 cm³/mol. The van der Waals surface area contributed by atoms with E-state index in [1.807, 2.05) is 18.7 Å². The maximum atomic E-state index is 11.3. The summed E-state index contributed by atoms with van der Waals surface area (Å²) in [6.07, 6.45) is 0.905. The molecule has 12 heavy (non-hydrogen) atoms. The largest absolute Gasteiger partial charge is 0.464 e. The molecule has 0 bridgehead atoms. The van der Waals surface area contributed by atoms with Crippen LogP contribution in [0.15, 0.2) is 0 Å². The van der Waals surface area contributed by atoms with Gasteiger partial charge >= 0.3 is 5.97 Å². The fourth-order valence-electron chi connectivity index (χ4n) is 0.709. The summed E-state index contributed by atoms with van der Waals surface area (Å²) in [5.74, 6) is -0.0489. The molecule has 2 nitrogen and oxygen atoms in total. The topological polar surface area (TPSA) is 26.3 Å². The third kappa shape index (κ3) is 3.49. The smallest absolute Gasteiger partial charge is 0.329 e. The summed E-state index contributed by atoms with van der Waals surface area (Å²) >= 11 is 5.20. The van der Waals surface area contributed by atoms with E-state index in [-0.39, 0.29) is 10.6 Å².